The minimum Gasteiger partial charge on any atom is -0.354 e. The monoisotopic (exact) mass is 445 g/mol. The second-order valence-electron chi connectivity index (χ2n) is 8.04. The largest absolute Gasteiger partial charge is 0.354 e. The lowest BCUT2D eigenvalue weighted by molar-refractivity contribution is -0.123. The van der Waals surface area contributed by atoms with Crippen molar-refractivity contribution in [1.29, 1.82) is 0 Å². The van der Waals surface area contributed by atoms with Gasteiger partial charge in [-0.05, 0) is 31.2 Å². The fourth-order valence-electron chi connectivity index (χ4n) is 3.97. The molecule has 2 N–H and O–H groups in total. The van der Waals surface area contributed by atoms with Crippen molar-refractivity contribution in [3.8, 4) is 0 Å². The van der Waals surface area contributed by atoms with Gasteiger partial charge in [0.1, 0.15) is 17.5 Å². The van der Waals surface area contributed by atoms with E-state index in [1.165, 1.54) is 13.0 Å². The van der Waals surface area contributed by atoms with Crippen molar-refractivity contribution >= 4 is 17.6 Å². The van der Waals surface area contributed by atoms with Crippen LogP contribution in [0.25, 0.3) is 0 Å². The Hall–Kier alpha value is -3.07. The number of aromatic nitrogens is 1. The molecule has 7 nitrogen and oxygen atoms in total. The summed E-state index contributed by atoms with van der Waals surface area (Å²) in [5.74, 6) is -1.49. The maximum atomic E-state index is 14.2. The van der Waals surface area contributed by atoms with E-state index in [9.17, 15) is 18.4 Å². The Kier molecular flexibility index (Phi) is 8.10. The molecule has 3 rings (SSSR count). The summed E-state index contributed by atoms with van der Waals surface area (Å²) < 4.78 is 28.4. The van der Waals surface area contributed by atoms with Gasteiger partial charge in [-0.15, -0.1) is 0 Å². The maximum Gasteiger partial charge on any atom is 0.222 e. The van der Waals surface area contributed by atoms with Gasteiger partial charge in [0.25, 0.3) is 0 Å². The second kappa shape index (κ2) is 11.0. The van der Waals surface area contributed by atoms with E-state index in [-0.39, 0.29) is 23.9 Å². The van der Waals surface area contributed by atoms with Crippen molar-refractivity contribution in [1.82, 2.24) is 20.5 Å². The molecular formula is C23H29F2N5O2. The molecule has 172 valence electrons. The predicted octanol–water partition coefficient (Wildman–Crippen LogP) is 2.25. The van der Waals surface area contributed by atoms with E-state index in [4.69, 9.17) is 0 Å². The van der Waals surface area contributed by atoms with Gasteiger partial charge in [-0.1, -0.05) is 12.1 Å². The number of benzene rings is 1. The fourth-order valence-corrected chi connectivity index (χ4v) is 3.97. The molecule has 1 aliphatic heterocycles. The van der Waals surface area contributed by atoms with Gasteiger partial charge in [0, 0.05) is 57.4 Å². The van der Waals surface area contributed by atoms with Crippen molar-refractivity contribution in [2.24, 2.45) is 0 Å². The molecule has 32 heavy (non-hydrogen) atoms. The lowest BCUT2D eigenvalue weighted by atomic mass is 10.0. The first-order valence-corrected chi connectivity index (χ1v) is 10.7. The molecule has 2 unspecified atom stereocenters. The summed E-state index contributed by atoms with van der Waals surface area (Å²) in [7, 11) is 0. The lowest BCUT2D eigenvalue weighted by Gasteiger charge is -2.36. The van der Waals surface area contributed by atoms with E-state index in [2.05, 4.69) is 25.4 Å². The van der Waals surface area contributed by atoms with Crippen LogP contribution in [-0.2, 0) is 9.59 Å². The molecular weight excluding hydrogens is 416 g/mol. The predicted molar refractivity (Wildman–Crippen MR) is 118 cm³/mol. The maximum absolute atomic E-state index is 14.2. The van der Waals surface area contributed by atoms with E-state index >= 15 is 0 Å². The molecule has 2 amide bonds. The summed E-state index contributed by atoms with van der Waals surface area (Å²) in [6.07, 6.45) is 1.52. The number of amides is 2. The first kappa shape index (κ1) is 23.6. The summed E-state index contributed by atoms with van der Waals surface area (Å²) in [6, 6.07) is 8.07. The molecule has 1 aromatic carbocycles. The average molecular weight is 446 g/mol. The number of anilines is 1. The van der Waals surface area contributed by atoms with Gasteiger partial charge in [-0.2, -0.15) is 0 Å². The van der Waals surface area contributed by atoms with Gasteiger partial charge in [0.15, 0.2) is 0 Å². The Balaban J connectivity index is 1.51. The van der Waals surface area contributed by atoms with Crippen LogP contribution in [0.2, 0.25) is 0 Å². The van der Waals surface area contributed by atoms with Crippen LogP contribution in [0.4, 0.5) is 14.6 Å². The smallest absolute Gasteiger partial charge is 0.222 e. The molecule has 1 fully saturated rings. The molecule has 1 aliphatic rings. The standard InChI is InChI=1S/C23H29F2N5O2/c1-16(15-29-10-12-30(13-11-29)21-8-3-4-9-26-21)27-22(32)14-20(28-17(2)31)23-18(24)6-5-7-19(23)25/h3-9,16,20H,10-15H2,1-2H3,(H,27,32)(H,28,31). The number of nitrogens with one attached hydrogen (secondary N) is 2. The number of carbonyl (C=O) groups excluding carboxylic acids is 2. The quantitative estimate of drug-likeness (QED) is 0.652. The van der Waals surface area contributed by atoms with Crippen molar-refractivity contribution in [2.45, 2.75) is 32.4 Å². The van der Waals surface area contributed by atoms with Gasteiger partial charge < -0.3 is 15.5 Å². The number of pyridine rings is 1. The Morgan fingerprint density at radius 3 is 2.31 bits per heavy atom. The molecule has 2 aromatic rings. The molecule has 0 bridgehead atoms. The van der Waals surface area contributed by atoms with Crippen molar-refractivity contribution < 1.29 is 18.4 Å². The first-order valence-electron chi connectivity index (χ1n) is 10.7. The van der Waals surface area contributed by atoms with Gasteiger partial charge in [-0.25, -0.2) is 13.8 Å². The molecule has 0 aliphatic carbocycles. The number of halogens is 2. The third-order valence-electron chi connectivity index (χ3n) is 5.40. The number of hydrogen-bond acceptors (Lipinski definition) is 5. The van der Waals surface area contributed by atoms with Gasteiger partial charge in [0.05, 0.1) is 12.5 Å². The van der Waals surface area contributed by atoms with E-state index in [1.54, 1.807) is 6.20 Å². The Morgan fingerprint density at radius 1 is 1.03 bits per heavy atom. The van der Waals surface area contributed by atoms with Crippen LogP contribution >= 0.6 is 0 Å². The zero-order valence-electron chi connectivity index (χ0n) is 18.4. The van der Waals surface area contributed by atoms with E-state index in [0.717, 1.165) is 44.1 Å². The number of carbonyl (C=O) groups is 2. The third kappa shape index (κ3) is 6.46. The zero-order valence-corrected chi connectivity index (χ0v) is 18.4. The second-order valence-corrected chi connectivity index (χ2v) is 8.04. The number of piperazine rings is 1. The number of hydrogen-bond donors (Lipinski definition) is 2. The van der Waals surface area contributed by atoms with Crippen LogP contribution in [-0.4, -0.2) is 60.5 Å². The highest BCUT2D eigenvalue weighted by Gasteiger charge is 2.25. The first-order chi connectivity index (χ1) is 15.3. The van der Waals surface area contributed by atoms with Crippen LogP contribution in [0.1, 0.15) is 31.9 Å². The van der Waals surface area contributed by atoms with Crippen LogP contribution in [0.3, 0.4) is 0 Å². The number of rotatable bonds is 8. The van der Waals surface area contributed by atoms with E-state index in [1.807, 2.05) is 25.1 Å². The summed E-state index contributed by atoms with van der Waals surface area (Å²) in [6.45, 7) is 7.15. The van der Waals surface area contributed by atoms with Crippen LogP contribution in [0.15, 0.2) is 42.6 Å². The molecule has 0 spiro atoms. The highest BCUT2D eigenvalue weighted by Crippen LogP contribution is 2.23. The molecule has 0 radical (unpaired) electrons. The third-order valence-corrected chi connectivity index (χ3v) is 5.40. The summed E-state index contributed by atoms with van der Waals surface area (Å²) in [5.41, 5.74) is -0.309. The highest BCUT2D eigenvalue weighted by molar-refractivity contribution is 5.79. The summed E-state index contributed by atoms with van der Waals surface area (Å²) in [5, 5.41) is 5.36. The SMILES string of the molecule is CC(=O)NC(CC(=O)NC(C)CN1CCN(c2ccccn2)CC1)c1c(F)cccc1F. The molecule has 9 heteroatoms. The van der Waals surface area contributed by atoms with E-state index in [0.29, 0.717) is 6.54 Å². The lowest BCUT2D eigenvalue weighted by Crippen LogP contribution is -2.51. The Labute approximate surface area is 186 Å². The zero-order chi connectivity index (χ0) is 23.1. The normalized spacial score (nSPS) is 16.3. The van der Waals surface area contributed by atoms with Crippen LogP contribution in [0.5, 0.6) is 0 Å². The number of nitrogens with zero attached hydrogens (tertiary/aromatic N) is 3. The topological polar surface area (TPSA) is 77.6 Å². The van der Waals surface area contributed by atoms with Crippen molar-refractivity contribution in [2.75, 3.05) is 37.6 Å². The molecule has 0 saturated carbocycles. The Morgan fingerprint density at radius 2 is 1.72 bits per heavy atom. The van der Waals surface area contributed by atoms with Crippen molar-refractivity contribution in [3.05, 3.63) is 59.8 Å². The van der Waals surface area contributed by atoms with Gasteiger partial charge in [-0.3, -0.25) is 14.5 Å². The summed E-state index contributed by atoms with van der Waals surface area (Å²) in [4.78, 5) is 33.0. The highest BCUT2D eigenvalue weighted by atomic mass is 19.1. The molecule has 1 saturated heterocycles. The fraction of sp³-hybridized carbons (Fsp3) is 0.435. The minimum atomic E-state index is -1.08. The van der Waals surface area contributed by atoms with E-state index < -0.39 is 23.6 Å². The molecule has 2 heterocycles. The van der Waals surface area contributed by atoms with Crippen LogP contribution < -0.4 is 15.5 Å². The van der Waals surface area contributed by atoms with Gasteiger partial charge in [0.2, 0.25) is 11.8 Å². The van der Waals surface area contributed by atoms with Gasteiger partial charge >= 0.3 is 0 Å². The minimum absolute atomic E-state index is 0.160. The molecule has 2 atom stereocenters. The van der Waals surface area contributed by atoms with Crippen molar-refractivity contribution in [3.63, 3.8) is 0 Å². The van der Waals surface area contributed by atoms with Crippen LogP contribution in [0, 0.1) is 11.6 Å². The average Bonchev–Trinajstić information content (AvgIpc) is 2.74. The summed E-state index contributed by atoms with van der Waals surface area (Å²) >= 11 is 0. The molecule has 1 aromatic heterocycles. The Bertz CT molecular complexity index is 900.